The van der Waals surface area contributed by atoms with Crippen LogP contribution in [0.5, 0.6) is 0 Å². The Morgan fingerprint density at radius 1 is 1.25 bits per heavy atom. The molecule has 3 rings (SSSR count). The maximum absolute atomic E-state index is 12.5. The van der Waals surface area contributed by atoms with Gasteiger partial charge in [0, 0.05) is 18.0 Å². The quantitative estimate of drug-likeness (QED) is 0.903. The van der Waals surface area contributed by atoms with Crippen LogP contribution < -0.4 is 5.32 Å². The van der Waals surface area contributed by atoms with E-state index >= 15 is 0 Å². The van der Waals surface area contributed by atoms with Crippen LogP contribution in [0.2, 0.25) is 0 Å². The number of hydrogen-bond donors (Lipinski definition) is 1. The largest absolute Gasteiger partial charge is 0.360 e. The third-order valence-electron chi connectivity index (χ3n) is 4.93. The van der Waals surface area contributed by atoms with Gasteiger partial charge in [-0.05, 0) is 37.5 Å². The molecule has 3 atom stereocenters. The molecule has 2 aliphatic rings. The van der Waals surface area contributed by atoms with E-state index in [1.807, 2.05) is 0 Å². The van der Waals surface area contributed by atoms with E-state index in [2.05, 4.69) is 24.3 Å². The topological polar surface area (TPSA) is 55.1 Å². The summed E-state index contributed by atoms with van der Waals surface area (Å²) in [5.74, 6) is 2.06. The lowest BCUT2D eigenvalue weighted by atomic mass is 9.85. The molecule has 1 amide bonds. The Morgan fingerprint density at radius 3 is 2.85 bits per heavy atom. The molecule has 0 unspecified atom stereocenters. The van der Waals surface area contributed by atoms with Crippen LogP contribution in [0.1, 0.15) is 67.8 Å². The number of carbonyl (C=O) groups excluding carboxylic acids is 1. The highest BCUT2D eigenvalue weighted by atomic mass is 16.5. The van der Waals surface area contributed by atoms with Crippen molar-refractivity contribution in [2.24, 2.45) is 11.8 Å². The third kappa shape index (κ3) is 2.60. The van der Waals surface area contributed by atoms with E-state index in [1.54, 1.807) is 0 Å². The van der Waals surface area contributed by atoms with Gasteiger partial charge in [0.25, 0.3) is 5.91 Å². The van der Waals surface area contributed by atoms with Crippen LogP contribution >= 0.6 is 0 Å². The molecule has 0 bridgehead atoms. The van der Waals surface area contributed by atoms with Crippen molar-refractivity contribution in [3.63, 3.8) is 0 Å². The monoisotopic (exact) mass is 276 g/mol. The Morgan fingerprint density at radius 2 is 2.05 bits per heavy atom. The van der Waals surface area contributed by atoms with E-state index in [0.29, 0.717) is 23.6 Å². The van der Waals surface area contributed by atoms with Crippen molar-refractivity contribution in [1.82, 2.24) is 10.5 Å². The van der Waals surface area contributed by atoms with Crippen LogP contribution in [0.4, 0.5) is 0 Å². The van der Waals surface area contributed by atoms with Gasteiger partial charge in [-0.2, -0.15) is 0 Å². The molecule has 1 fully saturated rings. The third-order valence-corrected chi connectivity index (χ3v) is 4.93. The van der Waals surface area contributed by atoms with Crippen LogP contribution in [0.25, 0.3) is 0 Å². The van der Waals surface area contributed by atoms with Gasteiger partial charge >= 0.3 is 0 Å². The minimum atomic E-state index is -0.0390. The fourth-order valence-corrected chi connectivity index (χ4v) is 3.52. The van der Waals surface area contributed by atoms with Crippen molar-refractivity contribution >= 4 is 5.91 Å². The predicted molar refractivity (Wildman–Crippen MR) is 76.6 cm³/mol. The second kappa shape index (κ2) is 5.58. The summed E-state index contributed by atoms with van der Waals surface area (Å²) < 4.78 is 5.36. The first kappa shape index (κ1) is 13.7. The summed E-state index contributed by atoms with van der Waals surface area (Å²) in [6.07, 6.45) is 7.75. The van der Waals surface area contributed by atoms with E-state index in [-0.39, 0.29) is 5.91 Å². The number of aryl methyl sites for hydroxylation is 1. The van der Waals surface area contributed by atoms with Gasteiger partial charge in [0.1, 0.15) is 5.76 Å². The van der Waals surface area contributed by atoms with Crippen molar-refractivity contribution in [1.29, 1.82) is 0 Å². The van der Waals surface area contributed by atoms with Crippen LogP contribution in [0.15, 0.2) is 4.52 Å². The summed E-state index contributed by atoms with van der Waals surface area (Å²) in [7, 11) is 0. The molecule has 0 saturated heterocycles. The first-order valence-electron chi connectivity index (χ1n) is 7.93. The maximum Gasteiger partial charge on any atom is 0.273 e. The zero-order valence-electron chi connectivity index (χ0n) is 12.4. The summed E-state index contributed by atoms with van der Waals surface area (Å²) in [6, 6.07) is 0.296. The van der Waals surface area contributed by atoms with Crippen LogP contribution in [0, 0.1) is 11.8 Å². The lowest BCUT2D eigenvalue weighted by molar-refractivity contribution is 0.0900. The fraction of sp³-hybridized carbons (Fsp3) is 0.750. The average Bonchev–Trinajstić information content (AvgIpc) is 2.84. The Hall–Kier alpha value is -1.32. The first-order chi connectivity index (χ1) is 9.65. The molecule has 4 nitrogen and oxygen atoms in total. The number of carbonyl (C=O) groups is 1. The summed E-state index contributed by atoms with van der Waals surface area (Å²) in [6.45, 7) is 4.45. The molecule has 0 aromatic carbocycles. The van der Waals surface area contributed by atoms with Crippen LogP contribution in [0.3, 0.4) is 0 Å². The van der Waals surface area contributed by atoms with Crippen molar-refractivity contribution < 1.29 is 9.32 Å². The SMILES string of the molecule is C[C@H]1CCc2onc(C(=O)N[C@@H]3CCCC[C@@H]3C)c2C1. The number of fused-ring (bicyclic) bond motifs is 1. The normalized spacial score (nSPS) is 29.8. The Kier molecular flexibility index (Phi) is 3.81. The van der Waals surface area contributed by atoms with Crippen molar-refractivity contribution in [2.45, 2.75) is 64.8 Å². The number of amides is 1. The second-order valence-corrected chi connectivity index (χ2v) is 6.62. The molecule has 20 heavy (non-hydrogen) atoms. The number of rotatable bonds is 2. The van der Waals surface area contributed by atoms with Gasteiger partial charge in [0.15, 0.2) is 5.69 Å². The number of hydrogen-bond acceptors (Lipinski definition) is 3. The second-order valence-electron chi connectivity index (χ2n) is 6.62. The average molecular weight is 276 g/mol. The number of nitrogens with one attached hydrogen (secondary N) is 1. The van der Waals surface area contributed by atoms with Gasteiger partial charge in [0.05, 0.1) is 0 Å². The minimum absolute atomic E-state index is 0.0390. The highest BCUT2D eigenvalue weighted by Gasteiger charge is 2.29. The van der Waals surface area contributed by atoms with E-state index in [4.69, 9.17) is 4.52 Å². The standard InChI is InChI=1S/C16H24N2O2/c1-10-7-8-14-12(9-10)15(18-20-14)16(19)17-13-6-4-3-5-11(13)2/h10-11,13H,3-9H2,1-2H3,(H,17,19)/t10-,11-,13+/m0/s1. The van der Waals surface area contributed by atoms with E-state index < -0.39 is 0 Å². The molecule has 0 radical (unpaired) electrons. The smallest absolute Gasteiger partial charge is 0.273 e. The Balaban J connectivity index is 1.73. The molecule has 1 saturated carbocycles. The fourth-order valence-electron chi connectivity index (χ4n) is 3.52. The van der Waals surface area contributed by atoms with Gasteiger partial charge in [-0.1, -0.05) is 31.8 Å². The van der Waals surface area contributed by atoms with Gasteiger partial charge in [-0.25, -0.2) is 0 Å². The molecule has 4 heteroatoms. The van der Waals surface area contributed by atoms with E-state index in [9.17, 15) is 4.79 Å². The van der Waals surface area contributed by atoms with Gasteiger partial charge in [-0.3, -0.25) is 4.79 Å². The highest BCUT2D eigenvalue weighted by Crippen LogP contribution is 2.29. The maximum atomic E-state index is 12.5. The Labute approximate surface area is 120 Å². The Bertz CT molecular complexity index is 495. The number of aromatic nitrogens is 1. The summed E-state index contributed by atoms with van der Waals surface area (Å²) in [4.78, 5) is 12.5. The molecular formula is C16H24N2O2. The summed E-state index contributed by atoms with van der Waals surface area (Å²) in [5.41, 5.74) is 1.58. The zero-order valence-corrected chi connectivity index (χ0v) is 12.4. The first-order valence-corrected chi connectivity index (χ1v) is 7.93. The van der Waals surface area contributed by atoms with Crippen molar-refractivity contribution in [3.05, 3.63) is 17.0 Å². The number of nitrogens with zero attached hydrogens (tertiary/aromatic N) is 1. The van der Waals surface area contributed by atoms with Gasteiger partial charge < -0.3 is 9.84 Å². The summed E-state index contributed by atoms with van der Waals surface area (Å²) in [5, 5.41) is 7.21. The van der Waals surface area contributed by atoms with E-state index in [0.717, 1.165) is 37.0 Å². The summed E-state index contributed by atoms with van der Waals surface area (Å²) >= 11 is 0. The molecule has 110 valence electrons. The molecule has 0 aliphatic heterocycles. The molecule has 2 aliphatic carbocycles. The van der Waals surface area contributed by atoms with Crippen molar-refractivity contribution in [3.8, 4) is 0 Å². The van der Waals surface area contributed by atoms with Crippen LogP contribution in [-0.4, -0.2) is 17.1 Å². The lowest BCUT2D eigenvalue weighted by Gasteiger charge is -2.29. The van der Waals surface area contributed by atoms with Gasteiger partial charge in [0.2, 0.25) is 0 Å². The predicted octanol–water partition coefficient (Wildman–Crippen LogP) is 3.11. The van der Waals surface area contributed by atoms with Crippen molar-refractivity contribution in [2.75, 3.05) is 0 Å². The zero-order chi connectivity index (χ0) is 14.1. The molecule has 0 spiro atoms. The molecule has 1 heterocycles. The molecule has 1 aromatic rings. The van der Waals surface area contributed by atoms with E-state index in [1.165, 1.54) is 19.3 Å². The molecule has 1 aromatic heterocycles. The minimum Gasteiger partial charge on any atom is -0.360 e. The highest BCUT2D eigenvalue weighted by molar-refractivity contribution is 5.94. The van der Waals surface area contributed by atoms with Gasteiger partial charge in [-0.15, -0.1) is 0 Å². The molecular weight excluding hydrogens is 252 g/mol. The lowest BCUT2D eigenvalue weighted by Crippen LogP contribution is -2.41. The molecule has 1 N–H and O–H groups in total. The van der Waals surface area contributed by atoms with Crippen LogP contribution in [-0.2, 0) is 12.8 Å².